The quantitative estimate of drug-likeness (QED) is 0.403. The molecule has 0 atom stereocenters. The molecular weight excluding hydrogens is 363 g/mol. The molecule has 0 aliphatic carbocycles. The zero-order valence-corrected chi connectivity index (χ0v) is 15.0. The van der Waals surface area contributed by atoms with Crippen molar-refractivity contribution in [1.29, 1.82) is 0 Å². The van der Waals surface area contributed by atoms with Crippen molar-refractivity contribution in [3.05, 3.63) is 83.4 Å². The highest BCUT2D eigenvalue weighted by atomic mass is 19.1. The van der Waals surface area contributed by atoms with Gasteiger partial charge in [-0.05, 0) is 35.9 Å². The lowest BCUT2D eigenvalue weighted by Gasteiger charge is -2.04. The number of carbonyl (C=O) groups excluding carboxylic acids is 2. The van der Waals surface area contributed by atoms with Crippen molar-refractivity contribution in [2.24, 2.45) is 5.10 Å². The maximum Gasteiger partial charge on any atom is 0.338 e. The number of hydrazone groups is 1. The van der Waals surface area contributed by atoms with E-state index in [1.807, 2.05) is 0 Å². The fraction of sp³-hybridized carbons (Fsp3) is 0.0952. The Morgan fingerprint density at radius 2 is 1.86 bits per heavy atom. The third-order valence-electron chi connectivity index (χ3n) is 3.88. The summed E-state index contributed by atoms with van der Waals surface area (Å²) in [5, 5.41) is 3.85. The molecule has 1 aromatic heterocycles. The second-order valence-corrected chi connectivity index (χ2v) is 5.84. The van der Waals surface area contributed by atoms with Gasteiger partial charge in [0.05, 0.1) is 25.3 Å². The highest BCUT2D eigenvalue weighted by Crippen LogP contribution is 2.25. The molecule has 7 heteroatoms. The van der Waals surface area contributed by atoms with E-state index in [4.69, 9.17) is 9.15 Å². The van der Waals surface area contributed by atoms with E-state index in [0.717, 1.165) is 0 Å². The summed E-state index contributed by atoms with van der Waals surface area (Å²) in [7, 11) is 1.31. The summed E-state index contributed by atoms with van der Waals surface area (Å²) in [6, 6.07) is 15.9. The minimum atomic E-state index is -0.463. The standard InChI is InChI=1S/C21H17FN2O4/c1-27-21(26)18-5-3-2-4-17(18)19-11-10-16(28-19)13-23-24-20(25)12-14-6-8-15(22)9-7-14/h2-11,13H,12H2,1H3,(H,24,25)/b23-13+. The van der Waals surface area contributed by atoms with Gasteiger partial charge >= 0.3 is 5.97 Å². The number of rotatable bonds is 6. The van der Waals surface area contributed by atoms with Gasteiger partial charge in [-0.3, -0.25) is 4.79 Å². The third kappa shape index (κ3) is 4.70. The summed E-state index contributed by atoms with van der Waals surface area (Å²) in [6.45, 7) is 0. The van der Waals surface area contributed by atoms with E-state index >= 15 is 0 Å². The van der Waals surface area contributed by atoms with Gasteiger partial charge in [0.25, 0.3) is 0 Å². The van der Waals surface area contributed by atoms with E-state index in [0.29, 0.717) is 28.2 Å². The Bertz CT molecular complexity index is 1010. The van der Waals surface area contributed by atoms with Crippen LogP contribution < -0.4 is 5.43 Å². The van der Waals surface area contributed by atoms with Crippen LogP contribution in [0, 0.1) is 5.82 Å². The highest BCUT2D eigenvalue weighted by molar-refractivity contribution is 5.96. The lowest BCUT2D eigenvalue weighted by Crippen LogP contribution is -2.19. The second kappa shape index (κ2) is 8.77. The number of methoxy groups -OCH3 is 1. The van der Waals surface area contributed by atoms with Gasteiger partial charge in [0, 0.05) is 5.56 Å². The van der Waals surface area contributed by atoms with Crippen LogP contribution in [0.1, 0.15) is 21.7 Å². The number of furan rings is 1. The number of halogens is 1. The van der Waals surface area contributed by atoms with Crippen LogP contribution in [0.2, 0.25) is 0 Å². The number of hydrogen-bond acceptors (Lipinski definition) is 5. The van der Waals surface area contributed by atoms with Gasteiger partial charge in [-0.2, -0.15) is 5.10 Å². The van der Waals surface area contributed by atoms with Crippen molar-refractivity contribution in [3.8, 4) is 11.3 Å². The summed E-state index contributed by atoms with van der Waals surface area (Å²) >= 11 is 0. The Labute approximate surface area is 160 Å². The molecule has 3 rings (SSSR count). The van der Waals surface area contributed by atoms with Crippen LogP contribution in [0.5, 0.6) is 0 Å². The summed E-state index contributed by atoms with van der Waals surface area (Å²) in [5.41, 5.74) is 4.04. The molecule has 0 fully saturated rings. The van der Waals surface area contributed by atoms with Gasteiger partial charge in [0.15, 0.2) is 0 Å². The fourth-order valence-corrected chi connectivity index (χ4v) is 2.55. The number of benzene rings is 2. The Morgan fingerprint density at radius 3 is 2.61 bits per heavy atom. The fourth-order valence-electron chi connectivity index (χ4n) is 2.55. The minimum Gasteiger partial charge on any atom is -0.465 e. The molecule has 0 unspecified atom stereocenters. The zero-order chi connectivity index (χ0) is 19.9. The molecule has 2 aromatic carbocycles. The van der Waals surface area contributed by atoms with Gasteiger partial charge in [-0.1, -0.05) is 30.3 Å². The molecule has 0 aliphatic rings. The summed E-state index contributed by atoms with van der Waals surface area (Å²) in [4.78, 5) is 23.7. The van der Waals surface area contributed by atoms with Gasteiger partial charge in [0.2, 0.25) is 5.91 Å². The van der Waals surface area contributed by atoms with Crippen LogP contribution in [0.4, 0.5) is 4.39 Å². The Morgan fingerprint density at radius 1 is 1.11 bits per heavy atom. The van der Waals surface area contributed by atoms with Gasteiger partial charge in [-0.25, -0.2) is 14.6 Å². The normalized spacial score (nSPS) is 10.8. The van der Waals surface area contributed by atoms with Crippen molar-refractivity contribution in [1.82, 2.24) is 5.43 Å². The lowest BCUT2D eigenvalue weighted by molar-refractivity contribution is -0.120. The van der Waals surface area contributed by atoms with E-state index in [2.05, 4.69) is 10.5 Å². The molecule has 0 aliphatic heterocycles. The first-order valence-electron chi connectivity index (χ1n) is 8.40. The van der Waals surface area contributed by atoms with E-state index in [1.165, 1.54) is 37.6 Å². The molecular formula is C21H17FN2O4. The number of carbonyl (C=O) groups is 2. The molecule has 0 saturated carbocycles. The van der Waals surface area contributed by atoms with Crippen molar-refractivity contribution >= 4 is 18.1 Å². The average molecular weight is 380 g/mol. The van der Waals surface area contributed by atoms with Gasteiger partial charge in [0.1, 0.15) is 17.3 Å². The number of amides is 1. The zero-order valence-electron chi connectivity index (χ0n) is 15.0. The number of nitrogens with zero attached hydrogens (tertiary/aromatic N) is 1. The van der Waals surface area contributed by atoms with Crippen molar-refractivity contribution < 1.29 is 23.1 Å². The van der Waals surface area contributed by atoms with Crippen molar-refractivity contribution in [3.63, 3.8) is 0 Å². The molecule has 142 valence electrons. The van der Waals surface area contributed by atoms with E-state index in [9.17, 15) is 14.0 Å². The SMILES string of the molecule is COC(=O)c1ccccc1-c1ccc(/C=N/NC(=O)Cc2ccc(F)cc2)o1. The smallest absolute Gasteiger partial charge is 0.338 e. The third-order valence-corrected chi connectivity index (χ3v) is 3.88. The average Bonchev–Trinajstić information content (AvgIpc) is 3.18. The minimum absolute atomic E-state index is 0.0769. The molecule has 6 nitrogen and oxygen atoms in total. The lowest BCUT2D eigenvalue weighted by atomic mass is 10.1. The van der Waals surface area contributed by atoms with Crippen LogP contribution >= 0.6 is 0 Å². The predicted molar refractivity (Wildman–Crippen MR) is 101 cm³/mol. The van der Waals surface area contributed by atoms with E-state index < -0.39 is 5.97 Å². The molecule has 0 saturated heterocycles. The van der Waals surface area contributed by atoms with Gasteiger partial charge in [-0.15, -0.1) is 0 Å². The molecule has 0 bridgehead atoms. The number of nitrogens with one attached hydrogen (secondary N) is 1. The topological polar surface area (TPSA) is 80.9 Å². The van der Waals surface area contributed by atoms with Crippen molar-refractivity contribution in [2.45, 2.75) is 6.42 Å². The van der Waals surface area contributed by atoms with Crippen LogP contribution in [-0.2, 0) is 16.0 Å². The highest BCUT2D eigenvalue weighted by Gasteiger charge is 2.15. The van der Waals surface area contributed by atoms with Crippen molar-refractivity contribution in [2.75, 3.05) is 7.11 Å². The molecule has 1 N–H and O–H groups in total. The van der Waals surface area contributed by atoms with Crippen LogP contribution in [0.15, 0.2) is 70.2 Å². The first kappa shape index (κ1) is 19.0. The monoisotopic (exact) mass is 380 g/mol. The predicted octanol–water partition coefficient (Wildman–Crippen LogP) is 3.57. The molecule has 1 heterocycles. The Hall–Kier alpha value is -3.74. The number of ether oxygens (including phenoxy) is 1. The Balaban J connectivity index is 1.64. The summed E-state index contributed by atoms with van der Waals surface area (Å²) in [6.07, 6.45) is 1.43. The summed E-state index contributed by atoms with van der Waals surface area (Å²) < 4.78 is 23.3. The van der Waals surface area contributed by atoms with E-state index in [1.54, 1.807) is 36.4 Å². The molecule has 0 spiro atoms. The first-order valence-corrected chi connectivity index (χ1v) is 8.40. The molecule has 1 amide bonds. The van der Waals surface area contributed by atoms with E-state index in [-0.39, 0.29) is 18.1 Å². The number of esters is 1. The maximum absolute atomic E-state index is 12.9. The second-order valence-electron chi connectivity index (χ2n) is 5.84. The first-order chi connectivity index (χ1) is 13.6. The Kier molecular flexibility index (Phi) is 5.96. The van der Waals surface area contributed by atoms with Crippen LogP contribution in [-0.4, -0.2) is 25.2 Å². The maximum atomic E-state index is 12.9. The van der Waals surface area contributed by atoms with Gasteiger partial charge < -0.3 is 9.15 Å². The summed E-state index contributed by atoms with van der Waals surface area (Å²) in [5.74, 6) is -0.289. The molecule has 28 heavy (non-hydrogen) atoms. The molecule has 0 radical (unpaired) electrons. The largest absolute Gasteiger partial charge is 0.465 e. The van der Waals surface area contributed by atoms with Crippen LogP contribution in [0.3, 0.4) is 0 Å². The number of hydrogen-bond donors (Lipinski definition) is 1. The van der Waals surface area contributed by atoms with Crippen LogP contribution in [0.25, 0.3) is 11.3 Å². The molecule has 3 aromatic rings.